The first kappa shape index (κ1) is 20.4. The van der Waals surface area contributed by atoms with E-state index in [1.54, 1.807) is 36.0 Å². The summed E-state index contributed by atoms with van der Waals surface area (Å²) in [7, 11) is -3.94. The maximum atomic E-state index is 14.6. The lowest BCUT2D eigenvalue weighted by Crippen LogP contribution is -2.32. The summed E-state index contributed by atoms with van der Waals surface area (Å²) in [5.41, 5.74) is 1.09. The minimum absolute atomic E-state index is 0.0515. The number of amides is 2. The number of nitrogens with zero attached hydrogens (tertiary/aromatic N) is 3. The molecule has 2 amide bonds. The van der Waals surface area contributed by atoms with Crippen LogP contribution >= 0.6 is 0 Å². The minimum atomic E-state index is -3.94. The summed E-state index contributed by atoms with van der Waals surface area (Å²) in [6, 6.07) is 8.35. The second-order valence-electron chi connectivity index (χ2n) is 7.86. The summed E-state index contributed by atoms with van der Waals surface area (Å²) in [6.45, 7) is 1.82. The van der Waals surface area contributed by atoms with Crippen molar-refractivity contribution in [2.45, 2.75) is 37.2 Å². The Morgan fingerprint density at radius 2 is 2.00 bits per heavy atom. The van der Waals surface area contributed by atoms with Crippen LogP contribution in [0.3, 0.4) is 0 Å². The number of carbonyl (C=O) groups excluding carboxylic acids is 2. The number of hydrogen-bond donors (Lipinski definition) is 1. The van der Waals surface area contributed by atoms with Crippen LogP contribution in [0.1, 0.15) is 44.9 Å². The smallest absolute Gasteiger partial charge is 0.269 e. The molecule has 8 nitrogen and oxygen atoms in total. The molecule has 1 fully saturated rings. The Bertz CT molecular complexity index is 1380. The lowest BCUT2D eigenvalue weighted by Gasteiger charge is -2.13. The number of rotatable bonds is 5. The zero-order valence-corrected chi connectivity index (χ0v) is 17.9. The number of carbonyl (C=O) groups is 2. The van der Waals surface area contributed by atoms with Crippen LogP contribution in [-0.4, -0.2) is 40.1 Å². The number of fused-ring (bicyclic) bond motifs is 1. The molecule has 2 heterocycles. The first-order valence-corrected chi connectivity index (χ1v) is 11.5. The van der Waals surface area contributed by atoms with Crippen LogP contribution in [0.4, 0.5) is 4.39 Å². The standard InChI is InChI=1S/C22H19FN4O4S/c1-13-24-8-9-26(13)19-7-2-14(10-18(19)23)12-25-21(28)15-3-6-17-20(11-15)32(30,31)27(22(17)29)16-4-5-16/h2-3,6-11,16H,4-5,12H2,1H3,(H,25,28). The SMILES string of the molecule is Cc1nccn1-c1ccc(CNC(=O)c2ccc3c(c2)S(=O)(=O)N(C2CC2)C3=O)cc1F. The number of benzene rings is 2. The van der Waals surface area contributed by atoms with E-state index in [0.717, 1.165) is 4.31 Å². The second-order valence-corrected chi connectivity index (χ2v) is 9.64. The van der Waals surface area contributed by atoms with E-state index in [0.29, 0.717) is 29.9 Å². The van der Waals surface area contributed by atoms with Crippen LogP contribution in [-0.2, 0) is 16.6 Å². The molecule has 3 aromatic rings. The van der Waals surface area contributed by atoms with E-state index in [1.807, 2.05) is 0 Å². The van der Waals surface area contributed by atoms with Crippen LogP contribution in [0.25, 0.3) is 5.69 Å². The zero-order chi connectivity index (χ0) is 22.6. The first-order valence-electron chi connectivity index (χ1n) is 10.1. The van der Waals surface area contributed by atoms with Crippen molar-refractivity contribution >= 4 is 21.8 Å². The van der Waals surface area contributed by atoms with Gasteiger partial charge in [0.1, 0.15) is 16.5 Å². The van der Waals surface area contributed by atoms with Gasteiger partial charge < -0.3 is 9.88 Å². The van der Waals surface area contributed by atoms with Crippen molar-refractivity contribution in [1.29, 1.82) is 0 Å². The van der Waals surface area contributed by atoms with Gasteiger partial charge in [0.05, 0.1) is 11.3 Å². The number of hydrogen-bond acceptors (Lipinski definition) is 5. The molecule has 1 N–H and O–H groups in total. The van der Waals surface area contributed by atoms with Crippen molar-refractivity contribution < 1.29 is 22.4 Å². The van der Waals surface area contributed by atoms with E-state index in [1.165, 1.54) is 24.3 Å². The molecule has 0 saturated heterocycles. The molecule has 10 heteroatoms. The maximum absolute atomic E-state index is 14.6. The predicted octanol–water partition coefficient (Wildman–Crippen LogP) is 2.56. The van der Waals surface area contributed by atoms with Gasteiger partial charge in [0.25, 0.3) is 21.8 Å². The molecule has 0 atom stereocenters. The van der Waals surface area contributed by atoms with Crippen molar-refractivity contribution in [3.05, 3.63) is 77.1 Å². The van der Waals surface area contributed by atoms with Crippen LogP contribution < -0.4 is 5.32 Å². The van der Waals surface area contributed by atoms with Gasteiger partial charge in [-0.1, -0.05) is 6.07 Å². The third-order valence-corrected chi connectivity index (χ3v) is 7.52. The third-order valence-electron chi connectivity index (χ3n) is 5.64. The Balaban J connectivity index is 1.33. The average molecular weight is 454 g/mol. The highest BCUT2D eigenvalue weighted by molar-refractivity contribution is 7.90. The van der Waals surface area contributed by atoms with E-state index >= 15 is 0 Å². The third kappa shape index (κ3) is 3.27. The molecule has 1 aliphatic carbocycles. The Labute approximate surface area is 183 Å². The Kier molecular flexibility index (Phi) is 4.63. The average Bonchev–Trinajstić information content (AvgIpc) is 3.46. The molecule has 1 aromatic heterocycles. The molecule has 5 rings (SSSR count). The van der Waals surface area contributed by atoms with E-state index in [9.17, 15) is 22.4 Å². The van der Waals surface area contributed by atoms with Crippen LogP contribution in [0, 0.1) is 12.7 Å². The quantitative estimate of drug-likeness (QED) is 0.639. The van der Waals surface area contributed by atoms with Gasteiger partial charge in [-0.05, 0) is 55.7 Å². The lowest BCUT2D eigenvalue weighted by atomic mass is 10.1. The number of aryl methyl sites for hydroxylation is 1. The van der Waals surface area contributed by atoms with E-state index in [2.05, 4.69) is 10.3 Å². The molecule has 0 bridgehead atoms. The second kappa shape index (κ2) is 7.27. The molecule has 0 unspecified atom stereocenters. The van der Waals surface area contributed by atoms with Gasteiger partial charge in [0.15, 0.2) is 0 Å². The zero-order valence-electron chi connectivity index (χ0n) is 17.1. The minimum Gasteiger partial charge on any atom is -0.348 e. The van der Waals surface area contributed by atoms with Crippen molar-refractivity contribution in [3.63, 3.8) is 0 Å². The van der Waals surface area contributed by atoms with E-state index in [-0.39, 0.29) is 28.6 Å². The normalized spacial score (nSPS) is 16.8. The molecular formula is C22H19FN4O4S. The summed E-state index contributed by atoms with van der Waals surface area (Å²) in [6.07, 6.45) is 4.55. The van der Waals surface area contributed by atoms with Crippen LogP contribution in [0.2, 0.25) is 0 Å². The molecule has 0 radical (unpaired) electrons. The molecule has 164 valence electrons. The Hall–Kier alpha value is -3.53. The highest BCUT2D eigenvalue weighted by Crippen LogP contribution is 2.39. The molecule has 2 aliphatic rings. The number of halogens is 1. The fraction of sp³-hybridized carbons (Fsp3) is 0.227. The highest BCUT2D eigenvalue weighted by atomic mass is 32.2. The Morgan fingerprint density at radius 3 is 2.66 bits per heavy atom. The number of nitrogens with one attached hydrogen (secondary N) is 1. The van der Waals surface area contributed by atoms with Gasteiger partial charge in [0, 0.05) is 30.5 Å². The summed E-state index contributed by atoms with van der Waals surface area (Å²) >= 11 is 0. The van der Waals surface area contributed by atoms with Crippen molar-refractivity contribution in [2.75, 3.05) is 0 Å². The number of aromatic nitrogens is 2. The van der Waals surface area contributed by atoms with E-state index < -0.39 is 27.7 Å². The summed E-state index contributed by atoms with van der Waals surface area (Å²) in [4.78, 5) is 29.0. The fourth-order valence-electron chi connectivity index (χ4n) is 3.83. The van der Waals surface area contributed by atoms with Gasteiger partial charge in [0.2, 0.25) is 0 Å². The summed E-state index contributed by atoms with van der Waals surface area (Å²) < 4.78 is 42.6. The predicted molar refractivity (Wildman–Crippen MR) is 112 cm³/mol. The first-order chi connectivity index (χ1) is 15.3. The summed E-state index contributed by atoms with van der Waals surface area (Å²) in [5.74, 6) is -0.871. The molecular weight excluding hydrogens is 435 g/mol. The highest BCUT2D eigenvalue weighted by Gasteiger charge is 2.48. The molecule has 1 aliphatic heterocycles. The topological polar surface area (TPSA) is 101 Å². The molecule has 32 heavy (non-hydrogen) atoms. The number of sulfonamides is 1. The largest absolute Gasteiger partial charge is 0.348 e. The maximum Gasteiger partial charge on any atom is 0.269 e. The fourth-order valence-corrected chi connectivity index (χ4v) is 5.67. The van der Waals surface area contributed by atoms with Gasteiger partial charge in [-0.3, -0.25) is 9.59 Å². The molecule has 2 aromatic carbocycles. The van der Waals surface area contributed by atoms with Crippen molar-refractivity contribution in [1.82, 2.24) is 19.2 Å². The lowest BCUT2D eigenvalue weighted by molar-refractivity contribution is 0.0863. The van der Waals surface area contributed by atoms with Gasteiger partial charge in [-0.2, -0.15) is 0 Å². The van der Waals surface area contributed by atoms with Gasteiger partial charge in [-0.25, -0.2) is 22.1 Å². The molecule has 1 saturated carbocycles. The number of imidazole rings is 1. The van der Waals surface area contributed by atoms with Crippen molar-refractivity contribution in [2.24, 2.45) is 0 Å². The van der Waals surface area contributed by atoms with Crippen molar-refractivity contribution in [3.8, 4) is 5.69 Å². The van der Waals surface area contributed by atoms with Crippen LogP contribution in [0.15, 0.2) is 53.7 Å². The van der Waals surface area contributed by atoms with E-state index in [4.69, 9.17) is 0 Å². The monoisotopic (exact) mass is 454 g/mol. The summed E-state index contributed by atoms with van der Waals surface area (Å²) in [5, 5.41) is 2.67. The Morgan fingerprint density at radius 1 is 1.22 bits per heavy atom. The van der Waals surface area contributed by atoms with Crippen LogP contribution in [0.5, 0.6) is 0 Å². The van der Waals surface area contributed by atoms with Gasteiger partial charge in [-0.15, -0.1) is 0 Å². The van der Waals surface area contributed by atoms with Gasteiger partial charge >= 0.3 is 0 Å². The molecule has 0 spiro atoms.